The average molecular weight is 352 g/mol. The highest BCUT2D eigenvalue weighted by Gasteiger charge is 2.21. The van der Waals surface area contributed by atoms with E-state index in [4.69, 9.17) is 9.15 Å². The largest absolute Gasteiger partial charge is 0.449 e. The van der Waals surface area contributed by atoms with Gasteiger partial charge in [-0.2, -0.15) is 0 Å². The number of amides is 1. The number of para-hydroxylation sites is 1. The van der Waals surface area contributed by atoms with Crippen molar-refractivity contribution in [3.05, 3.63) is 59.5 Å². The number of carbonyl (C=O) groups excluding carboxylic acids is 2. The van der Waals surface area contributed by atoms with E-state index < -0.39 is 12.1 Å². The van der Waals surface area contributed by atoms with E-state index in [0.29, 0.717) is 16.7 Å². The first-order chi connectivity index (χ1) is 12.5. The van der Waals surface area contributed by atoms with Crippen LogP contribution in [0.4, 0.5) is 5.69 Å². The number of carbonyl (C=O) groups is 2. The molecule has 1 unspecified atom stereocenters. The highest BCUT2D eigenvalue weighted by atomic mass is 16.5. The highest BCUT2D eigenvalue weighted by Crippen LogP contribution is 2.22. The van der Waals surface area contributed by atoms with Gasteiger partial charge in [0.15, 0.2) is 18.1 Å². The van der Waals surface area contributed by atoms with E-state index in [1.807, 2.05) is 32.0 Å². The van der Waals surface area contributed by atoms with Crippen molar-refractivity contribution in [1.82, 2.24) is 4.98 Å². The van der Waals surface area contributed by atoms with Gasteiger partial charge in [-0.15, -0.1) is 0 Å². The molecule has 134 valence electrons. The third-order valence-electron chi connectivity index (χ3n) is 4.21. The van der Waals surface area contributed by atoms with Gasteiger partial charge in [0.05, 0.1) is 5.56 Å². The summed E-state index contributed by atoms with van der Waals surface area (Å²) >= 11 is 0. The molecule has 26 heavy (non-hydrogen) atoms. The van der Waals surface area contributed by atoms with Crippen LogP contribution in [0.2, 0.25) is 0 Å². The molecule has 0 radical (unpaired) electrons. The van der Waals surface area contributed by atoms with E-state index in [9.17, 15) is 9.59 Å². The minimum absolute atomic E-state index is 0.316. The van der Waals surface area contributed by atoms with Crippen LogP contribution in [0.25, 0.3) is 11.1 Å². The van der Waals surface area contributed by atoms with E-state index >= 15 is 0 Å². The van der Waals surface area contributed by atoms with Crippen LogP contribution < -0.4 is 5.32 Å². The summed E-state index contributed by atoms with van der Waals surface area (Å²) in [6.07, 6.45) is 1.17. The van der Waals surface area contributed by atoms with Crippen LogP contribution >= 0.6 is 0 Å². The minimum Gasteiger partial charge on any atom is -0.449 e. The average Bonchev–Trinajstić information content (AvgIpc) is 3.10. The molecular weight excluding hydrogens is 332 g/mol. The first-order valence-electron chi connectivity index (χ1n) is 8.43. The molecule has 3 rings (SSSR count). The molecule has 1 N–H and O–H groups in total. The van der Waals surface area contributed by atoms with Crippen molar-refractivity contribution in [2.75, 3.05) is 5.32 Å². The third-order valence-corrected chi connectivity index (χ3v) is 4.21. The van der Waals surface area contributed by atoms with Gasteiger partial charge in [-0.3, -0.25) is 4.79 Å². The van der Waals surface area contributed by atoms with Gasteiger partial charge in [0.1, 0.15) is 5.52 Å². The van der Waals surface area contributed by atoms with Gasteiger partial charge < -0.3 is 14.5 Å². The van der Waals surface area contributed by atoms with Crippen molar-refractivity contribution in [1.29, 1.82) is 0 Å². The maximum Gasteiger partial charge on any atom is 0.338 e. The molecule has 6 heteroatoms. The van der Waals surface area contributed by atoms with Crippen LogP contribution in [-0.4, -0.2) is 23.0 Å². The van der Waals surface area contributed by atoms with Crippen LogP contribution in [-0.2, 0) is 16.0 Å². The number of oxazole rings is 1. The van der Waals surface area contributed by atoms with Crippen molar-refractivity contribution >= 4 is 28.7 Å². The number of hydrogen-bond donors (Lipinski definition) is 1. The Morgan fingerprint density at radius 3 is 2.85 bits per heavy atom. The van der Waals surface area contributed by atoms with Gasteiger partial charge in [-0.25, -0.2) is 9.78 Å². The summed E-state index contributed by atoms with van der Waals surface area (Å²) in [5, 5.41) is 2.87. The number of hydrogen-bond acceptors (Lipinski definition) is 5. The topological polar surface area (TPSA) is 81.4 Å². The number of nitrogens with one attached hydrogen (secondary N) is 1. The van der Waals surface area contributed by atoms with Gasteiger partial charge in [0.2, 0.25) is 0 Å². The summed E-state index contributed by atoms with van der Waals surface area (Å²) in [6.45, 7) is 5.50. The highest BCUT2D eigenvalue weighted by molar-refractivity contribution is 5.99. The number of fused-ring (bicyclic) bond motifs is 1. The third kappa shape index (κ3) is 3.59. The van der Waals surface area contributed by atoms with Gasteiger partial charge in [-0.1, -0.05) is 25.1 Å². The minimum atomic E-state index is -0.931. The quantitative estimate of drug-likeness (QED) is 0.705. The molecule has 1 atom stereocenters. The molecule has 0 fully saturated rings. The summed E-state index contributed by atoms with van der Waals surface area (Å²) in [4.78, 5) is 28.8. The van der Waals surface area contributed by atoms with E-state index in [2.05, 4.69) is 10.3 Å². The molecule has 0 saturated heterocycles. The second-order valence-electron chi connectivity index (χ2n) is 6.03. The van der Waals surface area contributed by atoms with Crippen LogP contribution in [0.5, 0.6) is 0 Å². The lowest BCUT2D eigenvalue weighted by Gasteiger charge is -2.17. The Hall–Kier alpha value is -3.15. The Morgan fingerprint density at radius 2 is 2.08 bits per heavy atom. The molecule has 2 aromatic carbocycles. The Bertz CT molecular complexity index is 961. The molecule has 0 aliphatic carbocycles. The van der Waals surface area contributed by atoms with E-state index in [0.717, 1.165) is 23.2 Å². The number of aryl methyl sites for hydroxylation is 2. The second kappa shape index (κ2) is 7.39. The van der Waals surface area contributed by atoms with Crippen LogP contribution in [0, 0.1) is 6.92 Å². The fraction of sp³-hybridized carbons (Fsp3) is 0.250. The standard InChI is InChI=1S/C20H20N2O4/c1-4-14-7-5-6-12(2)18(14)22-19(23)13(3)26-20(24)15-8-9-17-16(10-15)21-11-25-17/h5-11,13H,4H2,1-3H3,(H,22,23). The number of benzene rings is 2. The molecule has 6 nitrogen and oxygen atoms in total. The molecule has 1 amide bonds. The molecule has 1 aromatic heterocycles. The molecule has 0 spiro atoms. The van der Waals surface area contributed by atoms with Crippen molar-refractivity contribution in [2.24, 2.45) is 0 Å². The van der Waals surface area contributed by atoms with Crippen molar-refractivity contribution < 1.29 is 18.7 Å². The number of ether oxygens (including phenoxy) is 1. The van der Waals surface area contributed by atoms with E-state index in [1.54, 1.807) is 25.1 Å². The first kappa shape index (κ1) is 17.7. The fourth-order valence-electron chi connectivity index (χ4n) is 2.69. The zero-order valence-electron chi connectivity index (χ0n) is 14.9. The fourth-order valence-corrected chi connectivity index (χ4v) is 2.69. The first-order valence-corrected chi connectivity index (χ1v) is 8.43. The zero-order valence-corrected chi connectivity index (χ0v) is 14.9. The Labute approximate surface area is 151 Å². The number of anilines is 1. The van der Waals surface area contributed by atoms with Crippen LogP contribution in [0.15, 0.2) is 47.2 Å². The van der Waals surface area contributed by atoms with E-state index in [-0.39, 0.29) is 5.91 Å². The van der Waals surface area contributed by atoms with Crippen LogP contribution in [0.3, 0.4) is 0 Å². The Kier molecular flexibility index (Phi) is 5.02. The lowest BCUT2D eigenvalue weighted by molar-refractivity contribution is -0.123. The molecule has 1 heterocycles. The molecule has 0 saturated carbocycles. The number of esters is 1. The monoisotopic (exact) mass is 352 g/mol. The predicted octanol–water partition coefficient (Wildman–Crippen LogP) is 3.88. The zero-order chi connectivity index (χ0) is 18.7. The Morgan fingerprint density at radius 1 is 1.27 bits per heavy atom. The summed E-state index contributed by atoms with van der Waals surface area (Å²) in [5.41, 5.74) is 4.23. The van der Waals surface area contributed by atoms with Crippen molar-refractivity contribution in [3.63, 3.8) is 0 Å². The summed E-state index contributed by atoms with van der Waals surface area (Å²) in [5.74, 6) is -0.956. The van der Waals surface area contributed by atoms with Gasteiger partial charge >= 0.3 is 5.97 Å². The number of nitrogens with zero attached hydrogens (tertiary/aromatic N) is 1. The summed E-state index contributed by atoms with van der Waals surface area (Å²) in [7, 11) is 0. The maximum absolute atomic E-state index is 12.5. The Balaban J connectivity index is 1.70. The SMILES string of the molecule is CCc1cccc(C)c1NC(=O)C(C)OC(=O)c1ccc2ocnc2c1. The van der Waals surface area contributed by atoms with E-state index in [1.165, 1.54) is 6.39 Å². The molecule has 0 aliphatic heterocycles. The lowest BCUT2D eigenvalue weighted by atomic mass is 10.1. The number of aromatic nitrogens is 1. The summed E-state index contributed by atoms with van der Waals surface area (Å²) in [6, 6.07) is 10.6. The van der Waals surface area contributed by atoms with Crippen LogP contribution in [0.1, 0.15) is 35.3 Å². The summed E-state index contributed by atoms with van der Waals surface area (Å²) < 4.78 is 10.4. The molecule has 0 aliphatic rings. The molecule has 3 aromatic rings. The van der Waals surface area contributed by atoms with Gasteiger partial charge in [-0.05, 0) is 49.6 Å². The lowest BCUT2D eigenvalue weighted by Crippen LogP contribution is -2.30. The smallest absolute Gasteiger partial charge is 0.338 e. The van der Waals surface area contributed by atoms with Gasteiger partial charge in [0, 0.05) is 5.69 Å². The maximum atomic E-state index is 12.5. The van der Waals surface area contributed by atoms with Crippen molar-refractivity contribution in [2.45, 2.75) is 33.3 Å². The van der Waals surface area contributed by atoms with Gasteiger partial charge in [0.25, 0.3) is 5.91 Å². The normalized spacial score (nSPS) is 12.0. The van der Waals surface area contributed by atoms with Crippen molar-refractivity contribution in [3.8, 4) is 0 Å². The molecular formula is C20H20N2O4. The predicted molar refractivity (Wildman–Crippen MR) is 98.1 cm³/mol. The number of rotatable bonds is 5. The second-order valence-corrected chi connectivity index (χ2v) is 6.03. The molecule has 0 bridgehead atoms.